The molecule has 1 aromatic heterocycles. The maximum Gasteiger partial charge on any atom is 0.246 e. The van der Waals surface area contributed by atoms with Gasteiger partial charge in [0.2, 0.25) is 5.91 Å². The molecule has 0 N–H and O–H groups in total. The van der Waals surface area contributed by atoms with Crippen LogP contribution in [0.25, 0.3) is 11.8 Å². The molecule has 32 heavy (non-hydrogen) atoms. The highest BCUT2D eigenvalue weighted by molar-refractivity contribution is 6.31. The Kier molecular flexibility index (Phi) is 6.94. The smallest absolute Gasteiger partial charge is 0.246 e. The molecule has 166 valence electrons. The lowest BCUT2D eigenvalue weighted by Crippen LogP contribution is -2.47. The van der Waals surface area contributed by atoms with E-state index in [0.29, 0.717) is 35.2 Å². The van der Waals surface area contributed by atoms with E-state index in [1.165, 1.54) is 22.4 Å². The summed E-state index contributed by atoms with van der Waals surface area (Å²) in [7, 11) is 0. The summed E-state index contributed by atoms with van der Waals surface area (Å²) in [6.07, 6.45) is 3.24. The molecule has 0 atom stereocenters. The Morgan fingerprint density at radius 1 is 1.03 bits per heavy atom. The third-order valence-electron chi connectivity index (χ3n) is 5.52. The summed E-state index contributed by atoms with van der Waals surface area (Å²) in [6, 6.07) is 13.8. The highest BCUT2D eigenvalue weighted by atomic mass is 35.5. The Morgan fingerprint density at radius 3 is 2.34 bits per heavy atom. The Labute approximate surface area is 196 Å². The van der Waals surface area contributed by atoms with E-state index in [9.17, 15) is 9.18 Å². The first kappa shape index (κ1) is 22.5. The third kappa shape index (κ3) is 5.21. The number of benzene rings is 2. The van der Waals surface area contributed by atoms with Crippen LogP contribution in [-0.2, 0) is 11.3 Å². The molecular formula is C24H23Cl2FN4O. The predicted molar refractivity (Wildman–Crippen MR) is 126 cm³/mol. The number of carbonyl (C=O) groups excluding carboxylic acids is 1. The van der Waals surface area contributed by atoms with Crippen LogP contribution in [0.3, 0.4) is 0 Å². The molecule has 1 aliphatic heterocycles. The molecule has 1 saturated heterocycles. The minimum absolute atomic E-state index is 0.0545. The molecule has 2 aromatic carbocycles. The topological polar surface area (TPSA) is 41.4 Å². The van der Waals surface area contributed by atoms with Crippen molar-refractivity contribution in [1.82, 2.24) is 19.6 Å². The van der Waals surface area contributed by atoms with Crippen molar-refractivity contribution in [3.63, 3.8) is 0 Å². The standard InChI is InChI=1S/C24H23Cl2FN4O/c1-17-22(24(26)31(28-17)21-8-6-20(27)7-9-21)10-11-23(32)30-14-12-29(13-15-30)16-18-2-4-19(25)5-3-18/h2-11H,12-16H2,1H3. The summed E-state index contributed by atoms with van der Waals surface area (Å²) >= 11 is 12.4. The molecule has 5 nitrogen and oxygen atoms in total. The summed E-state index contributed by atoms with van der Waals surface area (Å²) in [4.78, 5) is 16.9. The predicted octanol–water partition coefficient (Wildman–Crippen LogP) is 4.98. The first-order valence-electron chi connectivity index (χ1n) is 10.4. The van der Waals surface area contributed by atoms with Gasteiger partial charge in [-0.05, 0) is 55.0 Å². The molecule has 0 bridgehead atoms. The second-order valence-corrected chi connectivity index (χ2v) is 8.53. The third-order valence-corrected chi connectivity index (χ3v) is 6.13. The number of hydrogen-bond acceptors (Lipinski definition) is 3. The number of aryl methyl sites for hydroxylation is 1. The van der Waals surface area contributed by atoms with Gasteiger partial charge in [-0.15, -0.1) is 0 Å². The lowest BCUT2D eigenvalue weighted by molar-refractivity contribution is -0.127. The van der Waals surface area contributed by atoms with Crippen molar-refractivity contribution >= 4 is 35.2 Å². The van der Waals surface area contributed by atoms with E-state index < -0.39 is 0 Å². The number of piperazine rings is 1. The molecule has 8 heteroatoms. The van der Waals surface area contributed by atoms with Gasteiger partial charge in [-0.2, -0.15) is 5.10 Å². The second kappa shape index (κ2) is 9.86. The fraction of sp³-hybridized carbons (Fsp3) is 0.250. The number of amides is 1. The van der Waals surface area contributed by atoms with Crippen LogP contribution in [-0.4, -0.2) is 51.7 Å². The van der Waals surface area contributed by atoms with E-state index in [2.05, 4.69) is 10.00 Å². The Bertz CT molecular complexity index is 1120. The minimum atomic E-state index is -0.326. The van der Waals surface area contributed by atoms with Crippen LogP contribution in [0.1, 0.15) is 16.8 Å². The van der Waals surface area contributed by atoms with Crippen molar-refractivity contribution in [2.24, 2.45) is 0 Å². The number of rotatable bonds is 5. The van der Waals surface area contributed by atoms with Gasteiger partial charge >= 0.3 is 0 Å². The maximum absolute atomic E-state index is 13.2. The molecule has 0 unspecified atom stereocenters. The fourth-order valence-electron chi connectivity index (χ4n) is 3.69. The molecule has 0 aliphatic carbocycles. The molecule has 3 aromatic rings. The molecule has 4 rings (SSSR count). The van der Waals surface area contributed by atoms with Crippen LogP contribution >= 0.6 is 23.2 Å². The van der Waals surface area contributed by atoms with Crippen molar-refractivity contribution in [2.45, 2.75) is 13.5 Å². The van der Waals surface area contributed by atoms with Crippen molar-refractivity contribution < 1.29 is 9.18 Å². The number of carbonyl (C=O) groups is 1. The summed E-state index contributed by atoms with van der Waals surface area (Å²) < 4.78 is 14.7. The number of hydrogen-bond donors (Lipinski definition) is 0. The number of halogens is 3. The molecule has 1 aliphatic rings. The molecule has 1 amide bonds. The van der Waals surface area contributed by atoms with Gasteiger partial charge in [0.25, 0.3) is 0 Å². The largest absolute Gasteiger partial charge is 0.337 e. The minimum Gasteiger partial charge on any atom is -0.337 e. The highest BCUT2D eigenvalue weighted by Gasteiger charge is 2.20. The van der Waals surface area contributed by atoms with E-state index in [-0.39, 0.29) is 11.7 Å². The lowest BCUT2D eigenvalue weighted by Gasteiger charge is -2.34. The van der Waals surface area contributed by atoms with Gasteiger partial charge in [-0.3, -0.25) is 9.69 Å². The summed E-state index contributed by atoms with van der Waals surface area (Å²) in [5, 5.41) is 5.54. The zero-order valence-electron chi connectivity index (χ0n) is 17.6. The van der Waals surface area contributed by atoms with Crippen LogP contribution in [0.2, 0.25) is 10.2 Å². The first-order chi connectivity index (χ1) is 15.4. The van der Waals surface area contributed by atoms with Crippen LogP contribution in [0, 0.1) is 12.7 Å². The van der Waals surface area contributed by atoms with Gasteiger partial charge in [-0.1, -0.05) is 35.3 Å². The number of nitrogens with zero attached hydrogens (tertiary/aromatic N) is 4. The van der Waals surface area contributed by atoms with E-state index in [0.717, 1.165) is 24.7 Å². The molecule has 0 spiro atoms. The van der Waals surface area contributed by atoms with Crippen LogP contribution in [0.5, 0.6) is 0 Å². The zero-order valence-corrected chi connectivity index (χ0v) is 19.2. The van der Waals surface area contributed by atoms with Crippen molar-refractivity contribution in [2.75, 3.05) is 26.2 Å². The van der Waals surface area contributed by atoms with Gasteiger partial charge in [0.05, 0.1) is 11.4 Å². The van der Waals surface area contributed by atoms with E-state index in [1.807, 2.05) is 36.1 Å². The Hall–Kier alpha value is -2.67. The molecular weight excluding hydrogens is 450 g/mol. The van der Waals surface area contributed by atoms with Crippen LogP contribution < -0.4 is 0 Å². The summed E-state index contributed by atoms with van der Waals surface area (Å²) in [6.45, 7) is 5.61. The summed E-state index contributed by atoms with van der Waals surface area (Å²) in [5.41, 5.74) is 3.22. The lowest BCUT2D eigenvalue weighted by atomic mass is 10.2. The van der Waals surface area contributed by atoms with Crippen molar-refractivity contribution in [3.8, 4) is 5.69 Å². The summed E-state index contributed by atoms with van der Waals surface area (Å²) in [5.74, 6) is -0.381. The quantitative estimate of drug-likeness (QED) is 0.491. The van der Waals surface area contributed by atoms with Crippen molar-refractivity contribution in [1.29, 1.82) is 0 Å². The molecule has 1 fully saturated rings. The normalized spacial score (nSPS) is 14.9. The molecule has 0 radical (unpaired) electrons. The SMILES string of the molecule is Cc1nn(-c2ccc(F)cc2)c(Cl)c1C=CC(=O)N1CCN(Cc2ccc(Cl)cc2)CC1. The van der Waals surface area contributed by atoms with E-state index >= 15 is 0 Å². The number of aromatic nitrogens is 2. The zero-order chi connectivity index (χ0) is 22.7. The van der Waals surface area contributed by atoms with Gasteiger partial charge in [0.1, 0.15) is 11.0 Å². The van der Waals surface area contributed by atoms with Crippen LogP contribution in [0.4, 0.5) is 4.39 Å². The first-order valence-corrected chi connectivity index (χ1v) is 11.1. The maximum atomic E-state index is 13.2. The van der Waals surface area contributed by atoms with Gasteiger partial charge in [0, 0.05) is 49.4 Å². The average molecular weight is 473 g/mol. The van der Waals surface area contributed by atoms with Gasteiger partial charge in [-0.25, -0.2) is 9.07 Å². The Balaban J connectivity index is 1.37. The van der Waals surface area contributed by atoms with Crippen molar-refractivity contribution in [3.05, 3.63) is 87.4 Å². The van der Waals surface area contributed by atoms with Gasteiger partial charge < -0.3 is 4.90 Å². The average Bonchev–Trinajstić information content (AvgIpc) is 3.08. The monoisotopic (exact) mass is 472 g/mol. The van der Waals surface area contributed by atoms with Gasteiger partial charge in [0.15, 0.2) is 0 Å². The van der Waals surface area contributed by atoms with E-state index in [4.69, 9.17) is 23.2 Å². The van der Waals surface area contributed by atoms with E-state index in [1.54, 1.807) is 24.3 Å². The second-order valence-electron chi connectivity index (χ2n) is 7.74. The van der Waals surface area contributed by atoms with Crippen LogP contribution in [0.15, 0.2) is 54.6 Å². The fourth-order valence-corrected chi connectivity index (χ4v) is 4.15. The molecule has 2 heterocycles. The Morgan fingerprint density at radius 2 is 1.69 bits per heavy atom. The molecule has 0 saturated carbocycles. The highest BCUT2D eigenvalue weighted by Crippen LogP contribution is 2.25.